The molecule has 2 heterocycles. The molecule has 1 amide bonds. The van der Waals surface area contributed by atoms with E-state index in [0.29, 0.717) is 12.1 Å². The minimum atomic E-state index is -0.365. The summed E-state index contributed by atoms with van der Waals surface area (Å²) in [4.78, 5) is 33.8. The Hall–Kier alpha value is -2.81. The number of hydrogen-bond donors (Lipinski definition) is 1. The largest absolute Gasteiger partial charge is 0.465 e. The van der Waals surface area contributed by atoms with Crippen LogP contribution in [0.1, 0.15) is 40.8 Å². The molecule has 0 spiro atoms. The molecule has 1 N–H and O–H groups in total. The lowest BCUT2D eigenvalue weighted by Gasteiger charge is -2.39. The van der Waals surface area contributed by atoms with Crippen molar-refractivity contribution < 1.29 is 14.3 Å². The number of carbonyl (C=O) groups is 2. The van der Waals surface area contributed by atoms with Gasteiger partial charge in [0.1, 0.15) is 5.01 Å². The molecule has 1 aromatic heterocycles. The van der Waals surface area contributed by atoms with Crippen molar-refractivity contribution in [3.63, 3.8) is 0 Å². The van der Waals surface area contributed by atoms with Gasteiger partial charge in [0.25, 0.3) is 0 Å². The zero-order chi connectivity index (χ0) is 23.4. The summed E-state index contributed by atoms with van der Waals surface area (Å²) < 4.78 is 5.94. The van der Waals surface area contributed by atoms with Gasteiger partial charge in [-0.25, -0.2) is 9.78 Å². The molecular weight excluding hydrogens is 436 g/mol. The number of nitrogens with zero attached hydrogens (tertiary/aromatic N) is 3. The Bertz CT molecular complexity index is 1070. The SMILES string of the molecule is COC(=O)c1ccc(CNC(=O)[C@H](C)N2CCN([C@H](C)c3nc4ccccc4s3)CC2)cc1. The van der Waals surface area contributed by atoms with E-state index in [1.807, 2.05) is 25.1 Å². The van der Waals surface area contributed by atoms with Crippen LogP contribution >= 0.6 is 11.3 Å². The summed E-state index contributed by atoms with van der Waals surface area (Å²) in [6.45, 7) is 8.11. The highest BCUT2D eigenvalue weighted by Gasteiger charge is 2.28. The molecular formula is C25H30N4O3S. The number of carbonyl (C=O) groups excluding carboxylic acids is 2. The van der Waals surface area contributed by atoms with E-state index in [0.717, 1.165) is 42.3 Å². The van der Waals surface area contributed by atoms with Gasteiger partial charge in [0, 0.05) is 32.7 Å². The van der Waals surface area contributed by atoms with E-state index in [1.54, 1.807) is 23.5 Å². The molecule has 0 bridgehead atoms. The van der Waals surface area contributed by atoms with Gasteiger partial charge in [-0.15, -0.1) is 11.3 Å². The molecule has 1 saturated heterocycles. The van der Waals surface area contributed by atoms with Gasteiger partial charge in [-0.2, -0.15) is 0 Å². The Morgan fingerprint density at radius 2 is 1.70 bits per heavy atom. The summed E-state index contributed by atoms with van der Waals surface area (Å²) in [5.74, 6) is -0.351. The van der Waals surface area contributed by atoms with Crippen LogP contribution in [-0.4, -0.2) is 66.0 Å². The second-order valence-corrected chi connectivity index (χ2v) is 9.41. The first-order valence-electron chi connectivity index (χ1n) is 11.2. The molecule has 2 aromatic carbocycles. The van der Waals surface area contributed by atoms with Crippen molar-refractivity contribution in [2.45, 2.75) is 32.5 Å². The number of benzene rings is 2. The third kappa shape index (κ3) is 5.40. The van der Waals surface area contributed by atoms with Gasteiger partial charge >= 0.3 is 5.97 Å². The molecule has 1 fully saturated rings. The van der Waals surface area contributed by atoms with Crippen molar-refractivity contribution in [3.8, 4) is 0 Å². The summed E-state index contributed by atoms with van der Waals surface area (Å²) in [6, 6.07) is 15.4. The molecule has 3 aromatic rings. The number of ether oxygens (including phenoxy) is 1. The minimum absolute atomic E-state index is 0.0136. The molecule has 0 radical (unpaired) electrons. The smallest absolute Gasteiger partial charge is 0.337 e. The molecule has 174 valence electrons. The zero-order valence-electron chi connectivity index (χ0n) is 19.3. The zero-order valence-corrected chi connectivity index (χ0v) is 20.1. The maximum Gasteiger partial charge on any atom is 0.337 e. The molecule has 2 atom stereocenters. The van der Waals surface area contributed by atoms with Crippen molar-refractivity contribution in [2.75, 3.05) is 33.3 Å². The van der Waals surface area contributed by atoms with Crippen molar-refractivity contribution in [1.82, 2.24) is 20.1 Å². The fourth-order valence-electron chi connectivity index (χ4n) is 4.12. The van der Waals surface area contributed by atoms with Crippen LogP contribution in [0.5, 0.6) is 0 Å². The van der Waals surface area contributed by atoms with Gasteiger partial charge in [0.2, 0.25) is 5.91 Å². The fraction of sp³-hybridized carbons (Fsp3) is 0.400. The lowest BCUT2D eigenvalue weighted by molar-refractivity contribution is -0.126. The van der Waals surface area contributed by atoms with E-state index in [-0.39, 0.29) is 24.0 Å². The van der Waals surface area contributed by atoms with Crippen molar-refractivity contribution in [3.05, 3.63) is 64.7 Å². The normalized spacial score (nSPS) is 16.9. The van der Waals surface area contributed by atoms with Gasteiger partial charge in [0.05, 0.1) is 35.0 Å². The first kappa shape index (κ1) is 23.4. The monoisotopic (exact) mass is 466 g/mol. The van der Waals surface area contributed by atoms with Crippen LogP contribution in [0.15, 0.2) is 48.5 Å². The number of para-hydroxylation sites is 1. The average Bonchev–Trinajstić information content (AvgIpc) is 3.30. The number of hydrogen-bond acceptors (Lipinski definition) is 7. The predicted octanol–water partition coefficient (Wildman–Crippen LogP) is 3.47. The summed E-state index contributed by atoms with van der Waals surface area (Å²) in [5.41, 5.74) is 2.50. The average molecular weight is 467 g/mol. The van der Waals surface area contributed by atoms with E-state index in [4.69, 9.17) is 9.72 Å². The van der Waals surface area contributed by atoms with Gasteiger partial charge in [0.15, 0.2) is 0 Å². The summed E-state index contributed by atoms with van der Waals surface area (Å²) in [5, 5.41) is 4.16. The topological polar surface area (TPSA) is 74.8 Å². The first-order chi connectivity index (χ1) is 16.0. The number of aromatic nitrogens is 1. The Morgan fingerprint density at radius 1 is 1.03 bits per heavy atom. The van der Waals surface area contributed by atoms with Crippen LogP contribution in [0.4, 0.5) is 0 Å². The summed E-state index contributed by atoms with van der Waals surface area (Å²) in [6.07, 6.45) is 0. The molecule has 4 rings (SSSR count). The van der Waals surface area contributed by atoms with E-state index in [9.17, 15) is 9.59 Å². The van der Waals surface area contributed by atoms with Crippen molar-refractivity contribution in [2.24, 2.45) is 0 Å². The Morgan fingerprint density at radius 3 is 2.36 bits per heavy atom. The molecule has 1 aliphatic rings. The number of piperazine rings is 1. The quantitative estimate of drug-likeness (QED) is 0.538. The second-order valence-electron chi connectivity index (χ2n) is 8.35. The highest BCUT2D eigenvalue weighted by molar-refractivity contribution is 7.18. The van der Waals surface area contributed by atoms with E-state index >= 15 is 0 Å². The van der Waals surface area contributed by atoms with Crippen LogP contribution in [0.3, 0.4) is 0 Å². The first-order valence-corrected chi connectivity index (χ1v) is 12.1. The standard InChI is InChI=1S/C25H30N4O3S/c1-17(23(30)26-16-19-8-10-20(11-9-19)25(31)32-3)28-12-14-29(15-13-28)18(2)24-27-21-6-4-5-7-22(21)33-24/h4-11,17-18H,12-16H2,1-3H3,(H,26,30)/t17-,18+/m0/s1. The predicted molar refractivity (Wildman–Crippen MR) is 130 cm³/mol. The second kappa shape index (κ2) is 10.4. The molecule has 1 aliphatic heterocycles. The number of thiazole rings is 1. The van der Waals surface area contributed by atoms with Gasteiger partial charge in [-0.1, -0.05) is 24.3 Å². The van der Waals surface area contributed by atoms with Crippen molar-refractivity contribution in [1.29, 1.82) is 0 Å². The van der Waals surface area contributed by atoms with Crippen LogP contribution < -0.4 is 5.32 Å². The number of nitrogens with one attached hydrogen (secondary N) is 1. The highest BCUT2D eigenvalue weighted by Crippen LogP contribution is 2.30. The van der Waals surface area contributed by atoms with E-state index in [1.165, 1.54) is 11.8 Å². The number of esters is 1. The van der Waals surface area contributed by atoms with Gasteiger partial charge in [-0.05, 0) is 43.7 Å². The lowest BCUT2D eigenvalue weighted by atomic mass is 10.1. The van der Waals surface area contributed by atoms with E-state index in [2.05, 4.69) is 40.2 Å². The molecule has 0 aliphatic carbocycles. The van der Waals surface area contributed by atoms with Crippen LogP contribution in [0, 0.1) is 0 Å². The van der Waals surface area contributed by atoms with Crippen molar-refractivity contribution >= 4 is 33.4 Å². The van der Waals surface area contributed by atoms with Crippen LogP contribution in [0.2, 0.25) is 0 Å². The van der Waals surface area contributed by atoms with E-state index < -0.39 is 0 Å². The Labute approximate surface area is 198 Å². The fourth-order valence-corrected chi connectivity index (χ4v) is 5.17. The van der Waals surface area contributed by atoms with Crippen LogP contribution in [0.25, 0.3) is 10.2 Å². The minimum Gasteiger partial charge on any atom is -0.465 e. The van der Waals surface area contributed by atoms with Gasteiger partial charge < -0.3 is 10.1 Å². The summed E-state index contributed by atoms with van der Waals surface area (Å²) >= 11 is 1.76. The molecule has 0 saturated carbocycles. The highest BCUT2D eigenvalue weighted by atomic mass is 32.1. The molecule has 0 unspecified atom stereocenters. The van der Waals surface area contributed by atoms with Gasteiger partial charge in [-0.3, -0.25) is 14.6 Å². The lowest BCUT2D eigenvalue weighted by Crippen LogP contribution is -2.54. The Kier molecular flexibility index (Phi) is 7.37. The maximum absolute atomic E-state index is 12.7. The number of methoxy groups -OCH3 is 1. The number of rotatable bonds is 7. The third-order valence-electron chi connectivity index (χ3n) is 6.33. The Balaban J connectivity index is 1.26. The molecule has 33 heavy (non-hydrogen) atoms. The summed E-state index contributed by atoms with van der Waals surface area (Å²) in [7, 11) is 1.36. The van der Waals surface area contributed by atoms with Crippen LogP contribution in [-0.2, 0) is 16.1 Å². The molecule has 8 heteroatoms. The number of amides is 1. The third-order valence-corrected chi connectivity index (χ3v) is 7.54. The molecule has 7 nitrogen and oxygen atoms in total. The maximum atomic E-state index is 12.7. The number of fused-ring (bicyclic) bond motifs is 1.